The van der Waals surface area contributed by atoms with E-state index in [0.717, 1.165) is 12.8 Å². The second-order valence-electron chi connectivity index (χ2n) is 6.94. The van der Waals surface area contributed by atoms with Gasteiger partial charge in [0, 0.05) is 52.7 Å². The number of amides is 3. The van der Waals surface area contributed by atoms with Gasteiger partial charge >= 0.3 is 0 Å². The van der Waals surface area contributed by atoms with Gasteiger partial charge in [-0.05, 0) is 24.3 Å². The van der Waals surface area contributed by atoms with Crippen LogP contribution in [0.1, 0.15) is 29.6 Å². The molecule has 0 spiro atoms. The second kappa shape index (κ2) is 10.7. The molecule has 0 aliphatic carbocycles. The predicted molar refractivity (Wildman–Crippen MR) is 104 cm³/mol. The number of methoxy groups -OCH3 is 1. The number of carbonyl (C=O) groups is 3. The van der Waals surface area contributed by atoms with Crippen LogP contribution >= 0.6 is 0 Å². The molecule has 0 aromatic heterocycles. The number of carbonyl (C=O) groups excluding carboxylic acids is 3. The fraction of sp³-hybridized carbons (Fsp3) is 0.550. The van der Waals surface area contributed by atoms with Crippen LogP contribution in [0.15, 0.2) is 24.3 Å². The molecular formula is C20H29N3O5. The third kappa shape index (κ3) is 6.53. The van der Waals surface area contributed by atoms with Crippen molar-refractivity contribution in [1.82, 2.24) is 15.1 Å². The number of likely N-dealkylation sites (tertiary alicyclic amines) is 1. The first-order valence-corrected chi connectivity index (χ1v) is 9.42. The summed E-state index contributed by atoms with van der Waals surface area (Å²) in [6, 6.07) is 6.85. The lowest BCUT2D eigenvalue weighted by molar-refractivity contribution is -0.134. The second-order valence-corrected chi connectivity index (χ2v) is 6.94. The Balaban J connectivity index is 1.78. The summed E-state index contributed by atoms with van der Waals surface area (Å²) in [7, 11) is 4.87. The van der Waals surface area contributed by atoms with Gasteiger partial charge in [0.1, 0.15) is 11.9 Å². The average Bonchev–Trinajstić information content (AvgIpc) is 2.71. The Kier molecular flexibility index (Phi) is 8.25. The fourth-order valence-electron chi connectivity index (χ4n) is 2.86. The van der Waals surface area contributed by atoms with Gasteiger partial charge in [-0.15, -0.1) is 0 Å². The largest absolute Gasteiger partial charge is 0.490 e. The number of nitrogens with one attached hydrogen (secondary N) is 1. The van der Waals surface area contributed by atoms with Gasteiger partial charge in [0.2, 0.25) is 11.8 Å². The van der Waals surface area contributed by atoms with Gasteiger partial charge in [-0.2, -0.15) is 0 Å². The van der Waals surface area contributed by atoms with E-state index < -0.39 is 0 Å². The quantitative estimate of drug-likeness (QED) is 0.712. The molecule has 0 unspecified atom stereocenters. The van der Waals surface area contributed by atoms with Gasteiger partial charge in [0.15, 0.2) is 0 Å². The third-order valence-corrected chi connectivity index (χ3v) is 4.63. The highest BCUT2D eigenvalue weighted by atomic mass is 16.5. The molecule has 1 heterocycles. The minimum atomic E-state index is -0.301. The van der Waals surface area contributed by atoms with E-state index in [1.807, 2.05) is 4.90 Å². The van der Waals surface area contributed by atoms with Gasteiger partial charge in [0.05, 0.1) is 19.6 Å². The smallest absolute Gasteiger partial charge is 0.251 e. The van der Waals surface area contributed by atoms with E-state index in [2.05, 4.69) is 5.32 Å². The number of rotatable bonds is 8. The number of hydrogen-bond donors (Lipinski definition) is 1. The Hall–Kier alpha value is -2.61. The molecule has 1 aliphatic heterocycles. The van der Waals surface area contributed by atoms with Gasteiger partial charge < -0.3 is 24.6 Å². The summed E-state index contributed by atoms with van der Waals surface area (Å²) in [6.45, 7) is 1.76. The zero-order chi connectivity index (χ0) is 20.5. The molecule has 1 aliphatic rings. The van der Waals surface area contributed by atoms with E-state index in [0.29, 0.717) is 37.4 Å². The summed E-state index contributed by atoms with van der Waals surface area (Å²) in [4.78, 5) is 38.9. The maximum atomic E-state index is 12.1. The highest BCUT2D eigenvalue weighted by Gasteiger charge is 2.23. The summed E-state index contributed by atoms with van der Waals surface area (Å²) >= 11 is 0. The Morgan fingerprint density at radius 2 is 1.79 bits per heavy atom. The highest BCUT2D eigenvalue weighted by Crippen LogP contribution is 2.20. The Bertz CT molecular complexity index is 667. The molecule has 0 radical (unpaired) electrons. The molecule has 1 N–H and O–H groups in total. The first-order valence-electron chi connectivity index (χ1n) is 9.42. The first kappa shape index (κ1) is 21.7. The van der Waals surface area contributed by atoms with Gasteiger partial charge in [-0.3, -0.25) is 14.4 Å². The molecule has 1 saturated heterocycles. The standard InChI is InChI=1S/C20H29N3O5/c1-22(2)19(25)14-21-20(26)15-4-6-16(7-5-15)28-17-8-11-23(12-9-17)18(24)10-13-27-3/h4-7,17H,8-14H2,1-3H3,(H,21,26). The molecule has 8 heteroatoms. The van der Waals surface area contributed by atoms with E-state index in [1.165, 1.54) is 4.90 Å². The third-order valence-electron chi connectivity index (χ3n) is 4.63. The lowest BCUT2D eigenvalue weighted by Gasteiger charge is -2.32. The van der Waals surface area contributed by atoms with Crippen LogP contribution in [0.3, 0.4) is 0 Å². The molecule has 2 rings (SSSR count). The van der Waals surface area contributed by atoms with Crippen molar-refractivity contribution in [2.75, 3.05) is 47.4 Å². The molecule has 1 aromatic carbocycles. The van der Waals surface area contributed by atoms with E-state index in [4.69, 9.17) is 9.47 Å². The number of ether oxygens (including phenoxy) is 2. The summed E-state index contributed by atoms with van der Waals surface area (Å²) in [5.41, 5.74) is 0.470. The molecule has 3 amide bonds. The number of nitrogens with zero attached hydrogens (tertiary/aromatic N) is 2. The predicted octanol–water partition coefficient (Wildman–Crippen LogP) is 0.911. The molecule has 0 saturated carbocycles. The van der Waals surface area contributed by atoms with E-state index in [1.54, 1.807) is 45.5 Å². The molecule has 28 heavy (non-hydrogen) atoms. The van der Waals surface area contributed by atoms with Crippen molar-refractivity contribution in [2.24, 2.45) is 0 Å². The van der Waals surface area contributed by atoms with Crippen molar-refractivity contribution < 1.29 is 23.9 Å². The van der Waals surface area contributed by atoms with Crippen LogP contribution in [0.5, 0.6) is 5.75 Å². The average molecular weight is 391 g/mol. The zero-order valence-electron chi connectivity index (χ0n) is 16.8. The normalized spacial score (nSPS) is 14.5. The van der Waals surface area contributed by atoms with Crippen LogP contribution in [-0.4, -0.2) is 81.1 Å². The molecule has 1 aromatic rings. The summed E-state index contributed by atoms with van der Waals surface area (Å²) < 4.78 is 10.9. The van der Waals surface area contributed by atoms with Crippen LogP contribution < -0.4 is 10.1 Å². The van der Waals surface area contributed by atoms with Crippen molar-refractivity contribution in [1.29, 1.82) is 0 Å². The Morgan fingerprint density at radius 3 is 2.36 bits per heavy atom. The number of piperidine rings is 1. The van der Waals surface area contributed by atoms with Crippen molar-refractivity contribution in [3.05, 3.63) is 29.8 Å². The van der Waals surface area contributed by atoms with Crippen LogP contribution in [-0.2, 0) is 14.3 Å². The van der Waals surface area contributed by atoms with Crippen molar-refractivity contribution >= 4 is 17.7 Å². The maximum absolute atomic E-state index is 12.1. The number of likely N-dealkylation sites (N-methyl/N-ethyl adjacent to an activating group) is 1. The Morgan fingerprint density at radius 1 is 1.14 bits per heavy atom. The molecule has 8 nitrogen and oxygen atoms in total. The van der Waals surface area contributed by atoms with E-state index in [-0.39, 0.29) is 30.4 Å². The first-order chi connectivity index (χ1) is 13.4. The highest BCUT2D eigenvalue weighted by molar-refractivity contribution is 5.96. The number of benzene rings is 1. The Labute approximate surface area is 165 Å². The summed E-state index contributed by atoms with van der Waals surface area (Å²) in [5, 5.41) is 2.59. The zero-order valence-corrected chi connectivity index (χ0v) is 16.8. The molecule has 154 valence electrons. The van der Waals surface area contributed by atoms with Crippen molar-refractivity contribution in [2.45, 2.75) is 25.4 Å². The van der Waals surface area contributed by atoms with Crippen molar-refractivity contribution in [3.8, 4) is 5.75 Å². The van der Waals surface area contributed by atoms with Crippen molar-refractivity contribution in [3.63, 3.8) is 0 Å². The van der Waals surface area contributed by atoms with Crippen LogP contribution in [0.4, 0.5) is 0 Å². The lowest BCUT2D eigenvalue weighted by Crippen LogP contribution is -2.42. The van der Waals surface area contributed by atoms with Gasteiger partial charge in [0.25, 0.3) is 5.91 Å². The maximum Gasteiger partial charge on any atom is 0.251 e. The van der Waals surface area contributed by atoms with Gasteiger partial charge in [-0.1, -0.05) is 0 Å². The SMILES string of the molecule is COCCC(=O)N1CCC(Oc2ccc(C(=O)NCC(=O)N(C)C)cc2)CC1. The summed E-state index contributed by atoms with van der Waals surface area (Å²) in [5.74, 6) is 0.332. The monoisotopic (exact) mass is 391 g/mol. The molecule has 0 bridgehead atoms. The number of hydrogen-bond acceptors (Lipinski definition) is 5. The lowest BCUT2D eigenvalue weighted by atomic mass is 10.1. The summed E-state index contributed by atoms with van der Waals surface area (Å²) in [6.07, 6.45) is 2.00. The van der Waals surface area contributed by atoms with Crippen LogP contribution in [0.2, 0.25) is 0 Å². The van der Waals surface area contributed by atoms with Gasteiger partial charge in [-0.25, -0.2) is 0 Å². The van der Waals surface area contributed by atoms with Crippen LogP contribution in [0, 0.1) is 0 Å². The van der Waals surface area contributed by atoms with Crippen LogP contribution in [0.25, 0.3) is 0 Å². The topological polar surface area (TPSA) is 88.2 Å². The van der Waals surface area contributed by atoms with E-state index in [9.17, 15) is 14.4 Å². The molecular weight excluding hydrogens is 362 g/mol. The minimum absolute atomic E-state index is 0.0360. The molecule has 0 atom stereocenters. The van der Waals surface area contributed by atoms with E-state index >= 15 is 0 Å². The fourth-order valence-corrected chi connectivity index (χ4v) is 2.86. The minimum Gasteiger partial charge on any atom is -0.490 e. The molecule has 1 fully saturated rings.